The summed E-state index contributed by atoms with van der Waals surface area (Å²) in [6.45, 7) is 0. The van der Waals surface area contributed by atoms with Crippen LogP contribution in [0.25, 0.3) is 205 Å². The largest absolute Gasteiger partial charge is 0.0619 e. The predicted octanol–water partition coefficient (Wildman–Crippen LogP) is 30.2. The van der Waals surface area contributed by atoms with Crippen molar-refractivity contribution < 1.29 is 0 Å². The lowest BCUT2D eigenvalue weighted by atomic mass is 9.83. The fraction of sp³-hybridized carbons (Fsp3) is 0.00935. The summed E-state index contributed by atoms with van der Waals surface area (Å²) in [7, 11) is 0. The molecule has 25 aromatic rings. The van der Waals surface area contributed by atoms with Crippen molar-refractivity contribution >= 4 is 194 Å². The highest BCUT2D eigenvalue weighted by molar-refractivity contribution is 6.44. The molecule has 25 aromatic carbocycles. The third-order valence-corrected chi connectivity index (χ3v) is 22.8. The number of hydrogen-bond donors (Lipinski definition) is 0. The third kappa shape index (κ3) is 10.7. The maximum absolute atomic E-state index is 2.30. The van der Waals surface area contributed by atoms with Crippen LogP contribution in [0, 0.1) is 0 Å². The average molecular weight is 1350 g/mol. The van der Waals surface area contributed by atoms with E-state index in [1.54, 1.807) is 0 Å². The summed E-state index contributed by atoms with van der Waals surface area (Å²) in [5, 5.41) is 48.6. The SMILES string of the molecule is c1cc2ccc3ccc4ccc5ccc6ccc1c1c2c3c4c5c61.c1cc2ccc3cccc4ccc(c1)c2c34.c1ccc2c(c1)Cc1ccccc1-2.c1ccc2c(c1)ccc1c3ccccc3ccc21.c1ccc2cc3c(ccc4ccccc43)cc2c1.c1ccc2cc3cc4ccccc4cc3cc2c1. The van der Waals surface area contributed by atoms with Gasteiger partial charge in [-0.1, -0.05) is 364 Å². The van der Waals surface area contributed by atoms with Gasteiger partial charge in [0, 0.05) is 0 Å². The van der Waals surface area contributed by atoms with Crippen LogP contribution < -0.4 is 0 Å². The molecule has 0 atom stereocenters. The Morgan fingerprint density at radius 3 is 0.654 bits per heavy atom. The van der Waals surface area contributed by atoms with Crippen molar-refractivity contribution in [2.24, 2.45) is 0 Å². The Labute approximate surface area is 618 Å². The summed E-state index contributed by atoms with van der Waals surface area (Å²) in [5.41, 5.74) is 5.75. The predicted molar refractivity (Wildman–Crippen MR) is 467 cm³/mol. The summed E-state index contributed by atoms with van der Waals surface area (Å²) in [4.78, 5) is 0. The van der Waals surface area contributed by atoms with E-state index >= 15 is 0 Å². The van der Waals surface area contributed by atoms with E-state index in [-0.39, 0.29) is 0 Å². The fourth-order valence-corrected chi connectivity index (χ4v) is 17.7. The Balaban J connectivity index is 0.0000000830. The summed E-state index contributed by atoms with van der Waals surface area (Å²) >= 11 is 0. The molecule has 0 unspecified atom stereocenters. The Kier molecular flexibility index (Phi) is 14.8. The van der Waals surface area contributed by atoms with Gasteiger partial charge in [0.05, 0.1) is 0 Å². The first kappa shape index (κ1) is 61.8. The van der Waals surface area contributed by atoms with Gasteiger partial charge in [-0.25, -0.2) is 0 Å². The third-order valence-electron chi connectivity index (χ3n) is 22.8. The van der Waals surface area contributed by atoms with E-state index in [1.807, 2.05) is 0 Å². The van der Waals surface area contributed by atoms with Crippen LogP contribution in [0.15, 0.2) is 400 Å². The van der Waals surface area contributed by atoms with E-state index in [1.165, 1.54) is 216 Å². The zero-order valence-corrected chi connectivity index (χ0v) is 58.8. The van der Waals surface area contributed by atoms with Crippen LogP contribution in [-0.4, -0.2) is 0 Å². The van der Waals surface area contributed by atoms with E-state index in [9.17, 15) is 0 Å². The molecular formula is C107H68. The Morgan fingerprint density at radius 2 is 0.327 bits per heavy atom. The van der Waals surface area contributed by atoms with E-state index < -0.39 is 0 Å². The van der Waals surface area contributed by atoms with Crippen LogP contribution in [0.1, 0.15) is 11.1 Å². The second-order valence-electron chi connectivity index (χ2n) is 28.9. The molecule has 0 spiro atoms. The molecule has 0 aliphatic heterocycles. The zero-order chi connectivity index (χ0) is 70.5. The topological polar surface area (TPSA) is 0 Å². The van der Waals surface area contributed by atoms with Crippen LogP contribution in [0.2, 0.25) is 0 Å². The van der Waals surface area contributed by atoms with Crippen molar-refractivity contribution in [1.82, 2.24) is 0 Å². The van der Waals surface area contributed by atoms with E-state index in [2.05, 4.69) is 400 Å². The number of rotatable bonds is 0. The van der Waals surface area contributed by atoms with Crippen LogP contribution in [0.3, 0.4) is 0 Å². The highest BCUT2D eigenvalue weighted by Gasteiger charge is 2.21. The van der Waals surface area contributed by atoms with Crippen LogP contribution in [-0.2, 0) is 6.42 Å². The highest BCUT2D eigenvalue weighted by Crippen LogP contribution is 2.49. The number of fused-ring (bicyclic) bond motifs is 15. The van der Waals surface area contributed by atoms with Crippen LogP contribution in [0.5, 0.6) is 0 Å². The molecule has 107 heavy (non-hydrogen) atoms. The molecule has 0 heterocycles. The molecule has 0 radical (unpaired) electrons. The summed E-state index contributed by atoms with van der Waals surface area (Å²) < 4.78 is 0. The van der Waals surface area contributed by atoms with E-state index in [0.29, 0.717) is 0 Å². The molecule has 0 bridgehead atoms. The second kappa shape index (κ2) is 25.6. The Morgan fingerprint density at radius 1 is 0.112 bits per heavy atom. The van der Waals surface area contributed by atoms with Gasteiger partial charge >= 0.3 is 0 Å². The van der Waals surface area contributed by atoms with Crippen molar-refractivity contribution in [3.05, 3.63) is 412 Å². The van der Waals surface area contributed by atoms with Gasteiger partial charge in [-0.2, -0.15) is 0 Å². The molecule has 0 saturated heterocycles. The highest BCUT2D eigenvalue weighted by atomic mass is 14.2. The number of benzene rings is 25. The minimum atomic E-state index is 1.10. The van der Waals surface area contributed by atoms with Gasteiger partial charge in [0.1, 0.15) is 0 Å². The lowest BCUT2D eigenvalue weighted by molar-refractivity contribution is 1.26. The van der Waals surface area contributed by atoms with E-state index in [0.717, 1.165) is 6.42 Å². The van der Waals surface area contributed by atoms with Crippen molar-refractivity contribution in [2.45, 2.75) is 6.42 Å². The van der Waals surface area contributed by atoms with Crippen molar-refractivity contribution in [3.8, 4) is 11.1 Å². The average Bonchev–Trinajstić information content (AvgIpc) is 0.760. The molecule has 496 valence electrons. The summed E-state index contributed by atoms with van der Waals surface area (Å²) in [6, 6.07) is 145. The molecule has 0 nitrogen and oxygen atoms in total. The van der Waals surface area contributed by atoms with Gasteiger partial charge in [0.2, 0.25) is 0 Å². The summed E-state index contributed by atoms with van der Waals surface area (Å²) in [5.74, 6) is 0. The quantitative estimate of drug-likeness (QED) is 0.105. The summed E-state index contributed by atoms with van der Waals surface area (Å²) in [6.07, 6.45) is 1.10. The lowest BCUT2D eigenvalue weighted by Crippen LogP contribution is -1.91. The molecule has 0 saturated carbocycles. The normalized spacial score (nSPS) is 11.9. The van der Waals surface area contributed by atoms with Crippen molar-refractivity contribution in [1.29, 1.82) is 0 Å². The first-order chi connectivity index (χ1) is 53.0. The first-order valence-corrected chi connectivity index (χ1v) is 37.3. The molecule has 0 heteroatoms. The second-order valence-corrected chi connectivity index (χ2v) is 28.9. The van der Waals surface area contributed by atoms with Crippen molar-refractivity contribution in [3.63, 3.8) is 0 Å². The molecule has 0 aromatic heterocycles. The molecule has 0 fully saturated rings. The van der Waals surface area contributed by atoms with Gasteiger partial charge in [-0.15, -0.1) is 0 Å². The molecule has 26 rings (SSSR count). The van der Waals surface area contributed by atoms with Crippen molar-refractivity contribution in [2.75, 3.05) is 0 Å². The minimum Gasteiger partial charge on any atom is -0.0619 e. The smallest absolute Gasteiger partial charge is 0.00135 e. The minimum absolute atomic E-state index is 1.10. The molecule has 1 aliphatic rings. The van der Waals surface area contributed by atoms with Gasteiger partial charge in [-0.3, -0.25) is 0 Å². The van der Waals surface area contributed by atoms with Crippen LogP contribution in [0.4, 0.5) is 0 Å². The van der Waals surface area contributed by atoms with Gasteiger partial charge in [0.25, 0.3) is 0 Å². The maximum Gasteiger partial charge on any atom is -0.00135 e. The van der Waals surface area contributed by atoms with Gasteiger partial charge < -0.3 is 0 Å². The van der Waals surface area contributed by atoms with Gasteiger partial charge in [0.15, 0.2) is 0 Å². The van der Waals surface area contributed by atoms with Crippen LogP contribution >= 0.6 is 0 Å². The maximum atomic E-state index is 2.30. The standard InChI is InChI=1S/C24H12.3C18H12.C16H10.C13H10/c1-2-14-5-6-16-9-11-18-12-10-17-8-7-15-4-3-13(1)19-20(14)22(16)24(18)23(17)21(15)19;1-3-7-15-13(5-1)9-11-18-16-8-4-2-6-14(16)10-12-17(15)18;1-2-7-15-12-18-16(11-14(15)6-1)10-9-13-5-3-4-8-17(13)18;1-2-6-14-10-18-12-16-8-4-3-7-15(16)11-17(18)9-13(14)5-1;1-3-11-7-9-13-5-2-6-14-10-8-12(4-1)15(11)16(13)14;1-3-7-12-10(5-1)9-11-6-2-4-8-13(11)12/h1-12H;3*1-12H;1-10H;1-8H,9H2. The fourth-order valence-electron chi connectivity index (χ4n) is 17.7. The first-order valence-electron chi connectivity index (χ1n) is 37.3. The Bertz CT molecular complexity index is 6830. The zero-order valence-electron chi connectivity index (χ0n) is 58.8. The molecule has 0 N–H and O–H groups in total. The van der Waals surface area contributed by atoms with E-state index in [4.69, 9.17) is 0 Å². The lowest BCUT2D eigenvalue weighted by Gasteiger charge is -2.20. The Hall–Kier alpha value is -13.8. The number of hydrogen-bond acceptors (Lipinski definition) is 0. The molecule has 0 amide bonds. The monoisotopic (exact) mass is 1350 g/mol. The van der Waals surface area contributed by atoms with Gasteiger partial charge in [-0.05, 0) is 259 Å². The molecule has 1 aliphatic carbocycles. The molecular weight excluding hydrogens is 1290 g/mol.